The third-order valence-electron chi connectivity index (χ3n) is 3.48. The monoisotopic (exact) mass is 324 g/mol. The Labute approximate surface area is 138 Å². The van der Waals surface area contributed by atoms with Gasteiger partial charge in [0, 0.05) is 19.8 Å². The van der Waals surface area contributed by atoms with Gasteiger partial charge >= 0.3 is 0 Å². The number of pyridine rings is 1. The molecule has 1 amide bonds. The average Bonchev–Trinajstić information content (AvgIpc) is 2.55. The number of hydrogen-bond acceptors (Lipinski definition) is 5. The largest absolute Gasteiger partial charge is 0.475 e. The average molecular weight is 324 g/mol. The molecule has 1 heterocycles. The molecule has 0 fully saturated rings. The zero-order valence-corrected chi connectivity index (χ0v) is 14.6. The Morgan fingerprint density at radius 1 is 1.30 bits per heavy atom. The molecule has 0 aromatic carbocycles. The maximum absolute atomic E-state index is 12.5. The lowest BCUT2D eigenvalue weighted by atomic mass is 9.97. The first-order valence-corrected chi connectivity index (χ1v) is 8.09. The van der Waals surface area contributed by atoms with E-state index in [0.29, 0.717) is 37.8 Å². The van der Waals surface area contributed by atoms with E-state index in [1.165, 1.54) is 0 Å². The molecule has 0 unspecified atom stereocenters. The highest BCUT2D eigenvalue weighted by Crippen LogP contribution is 2.22. The van der Waals surface area contributed by atoms with Crippen LogP contribution in [0.5, 0.6) is 5.88 Å². The van der Waals surface area contributed by atoms with Crippen LogP contribution in [0.3, 0.4) is 0 Å². The van der Waals surface area contributed by atoms with Crippen molar-refractivity contribution in [1.82, 2.24) is 4.98 Å². The van der Waals surface area contributed by atoms with Crippen LogP contribution in [0.2, 0.25) is 0 Å². The standard InChI is InChI=1S/C17H28N2O4/c1-5-7-10-17(3,23-6-2)16(20)19-14-8-9-15(18-13-14)22-12-11-21-4/h8-9,13H,5-7,10-12H2,1-4H3,(H,19,20)/t17-/m1/s1. The summed E-state index contributed by atoms with van der Waals surface area (Å²) in [6.45, 7) is 7.26. The molecule has 0 aliphatic rings. The number of nitrogens with one attached hydrogen (secondary N) is 1. The van der Waals surface area contributed by atoms with E-state index in [-0.39, 0.29) is 5.91 Å². The van der Waals surface area contributed by atoms with Crippen molar-refractivity contribution in [3.05, 3.63) is 18.3 Å². The lowest BCUT2D eigenvalue weighted by Crippen LogP contribution is -2.42. The first-order chi connectivity index (χ1) is 11.1. The summed E-state index contributed by atoms with van der Waals surface area (Å²) in [5.74, 6) is 0.348. The SMILES string of the molecule is CCCC[C@@](C)(OCC)C(=O)Nc1ccc(OCCOC)nc1. The number of ether oxygens (including phenoxy) is 3. The van der Waals surface area contributed by atoms with E-state index in [1.54, 1.807) is 25.4 Å². The van der Waals surface area contributed by atoms with Crippen molar-refractivity contribution < 1.29 is 19.0 Å². The highest BCUT2D eigenvalue weighted by atomic mass is 16.5. The summed E-state index contributed by atoms with van der Waals surface area (Å²) in [4.78, 5) is 16.7. The number of aromatic nitrogens is 1. The Bertz CT molecular complexity index is 464. The van der Waals surface area contributed by atoms with E-state index >= 15 is 0 Å². The molecule has 0 aliphatic carbocycles. The summed E-state index contributed by atoms with van der Waals surface area (Å²) in [5.41, 5.74) is -0.199. The third-order valence-corrected chi connectivity index (χ3v) is 3.48. The first kappa shape index (κ1) is 19.4. The van der Waals surface area contributed by atoms with Gasteiger partial charge in [-0.15, -0.1) is 0 Å². The van der Waals surface area contributed by atoms with Gasteiger partial charge in [-0.2, -0.15) is 0 Å². The molecule has 1 rings (SSSR count). The summed E-state index contributed by atoms with van der Waals surface area (Å²) in [7, 11) is 1.61. The summed E-state index contributed by atoms with van der Waals surface area (Å²) < 4.78 is 16.0. The van der Waals surface area contributed by atoms with Gasteiger partial charge in [-0.3, -0.25) is 4.79 Å². The predicted octanol–water partition coefficient (Wildman–Crippen LogP) is 3.03. The van der Waals surface area contributed by atoms with Crippen LogP contribution in [0.25, 0.3) is 0 Å². The van der Waals surface area contributed by atoms with Crippen LogP contribution in [0.4, 0.5) is 5.69 Å². The van der Waals surface area contributed by atoms with Gasteiger partial charge in [0.1, 0.15) is 12.2 Å². The van der Waals surface area contributed by atoms with Crippen LogP contribution in [0.15, 0.2) is 18.3 Å². The van der Waals surface area contributed by atoms with Crippen LogP contribution in [0, 0.1) is 0 Å². The molecule has 0 aliphatic heterocycles. The van der Waals surface area contributed by atoms with E-state index in [2.05, 4.69) is 17.2 Å². The van der Waals surface area contributed by atoms with Gasteiger partial charge in [-0.05, 0) is 26.3 Å². The van der Waals surface area contributed by atoms with Crippen molar-refractivity contribution in [2.45, 2.75) is 45.6 Å². The number of anilines is 1. The fourth-order valence-electron chi connectivity index (χ4n) is 2.12. The normalized spacial score (nSPS) is 13.4. The molecule has 6 heteroatoms. The first-order valence-electron chi connectivity index (χ1n) is 8.09. The fourth-order valence-corrected chi connectivity index (χ4v) is 2.12. The van der Waals surface area contributed by atoms with E-state index < -0.39 is 5.60 Å². The highest BCUT2D eigenvalue weighted by Gasteiger charge is 2.33. The van der Waals surface area contributed by atoms with Gasteiger partial charge in [-0.1, -0.05) is 19.8 Å². The topological polar surface area (TPSA) is 69.7 Å². The third kappa shape index (κ3) is 6.54. The molecular formula is C17H28N2O4. The van der Waals surface area contributed by atoms with E-state index in [4.69, 9.17) is 14.2 Å². The van der Waals surface area contributed by atoms with Gasteiger partial charge in [0.2, 0.25) is 5.88 Å². The summed E-state index contributed by atoms with van der Waals surface area (Å²) in [5, 5.41) is 2.86. The summed E-state index contributed by atoms with van der Waals surface area (Å²) in [6.07, 6.45) is 4.22. The Hall–Kier alpha value is -1.66. The molecule has 6 nitrogen and oxygen atoms in total. The van der Waals surface area contributed by atoms with Crippen molar-refractivity contribution in [2.75, 3.05) is 32.2 Å². The Balaban J connectivity index is 2.63. The van der Waals surface area contributed by atoms with Crippen molar-refractivity contribution in [2.24, 2.45) is 0 Å². The second-order valence-electron chi connectivity index (χ2n) is 5.45. The molecule has 1 atom stereocenters. The molecule has 0 spiro atoms. The molecule has 130 valence electrons. The van der Waals surface area contributed by atoms with Crippen molar-refractivity contribution >= 4 is 11.6 Å². The molecule has 0 radical (unpaired) electrons. The zero-order valence-electron chi connectivity index (χ0n) is 14.6. The second kappa shape index (κ2) is 10.2. The van der Waals surface area contributed by atoms with Crippen LogP contribution in [-0.2, 0) is 14.3 Å². The zero-order chi connectivity index (χ0) is 17.1. The van der Waals surface area contributed by atoms with Gasteiger partial charge < -0.3 is 19.5 Å². The lowest BCUT2D eigenvalue weighted by molar-refractivity contribution is -0.139. The maximum atomic E-state index is 12.5. The summed E-state index contributed by atoms with van der Waals surface area (Å²) >= 11 is 0. The van der Waals surface area contributed by atoms with Crippen LogP contribution in [-0.4, -0.2) is 43.4 Å². The van der Waals surface area contributed by atoms with Gasteiger partial charge in [0.25, 0.3) is 5.91 Å². The minimum absolute atomic E-state index is 0.150. The molecule has 0 saturated carbocycles. The van der Waals surface area contributed by atoms with Crippen LogP contribution >= 0.6 is 0 Å². The molecule has 23 heavy (non-hydrogen) atoms. The molecule has 0 saturated heterocycles. The van der Waals surface area contributed by atoms with Crippen molar-refractivity contribution in [1.29, 1.82) is 0 Å². The van der Waals surface area contributed by atoms with E-state index in [9.17, 15) is 4.79 Å². The number of nitrogens with zero attached hydrogens (tertiary/aromatic N) is 1. The number of hydrogen-bond donors (Lipinski definition) is 1. The maximum Gasteiger partial charge on any atom is 0.256 e. The predicted molar refractivity (Wildman–Crippen MR) is 89.8 cm³/mol. The number of carbonyl (C=O) groups excluding carboxylic acids is 1. The Morgan fingerprint density at radius 2 is 2.09 bits per heavy atom. The molecule has 1 N–H and O–H groups in total. The number of carbonyl (C=O) groups is 1. The van der Waals surface area contributed by atoms with Gasteiger partial charge in [-0.25, -0.2) is 4.98 Å². The Kier molecular flexibility index (Phi) is 8.58. The molecular weight excluding hydrogens is 296 g/mol. The number of methoxy groups -OCH3 is 1. The smallest absolute Gasteiger partial charge is 0.256 e. The molecule has 1 aromatic rings. The number of unbranched alkanes of at least 4 members (excludes halogenated alkanes) is 1. The van der Waals surface area contributed by atoms with Crippen LogP contribution in [0.1, 0.15) is 40.0 Å². The molecule has 0 bridgehead atoms. The summed E-state index contributed by atoms with van der Waals surface area (Å²) in [6, 6.07) is 3.48. The minimum atomic E-state index is -0.821. The lowest BCUT2D eigenvalue weighted by Gasteiger charge is -2.28. The highest BCUT2D eigenvalue weighted by molar-refractivity contribution is 5.96. The van der Waals surface area contributed by atoms with Crippen molar-refractivity contribution in [3.8, 4) is 5.88 Å². The number of amides is 1. The van der Waals surface area contributed by atoms with Crippen molar-refractivity contribution in [3.63, 3.8) is 0 Å². The fraction of sp³-hybridized carbons (Fsp3) is 0.647. The second-order valence-corrected chi connectivity index (χ2v) is 5.45. The number of rotatable bonds is 11. The minimum Gasteiger partial charge on any atom is -0.475 e. The van der Waals surface area contributed by atoms with E-state index in [1.807, 2.05) is 13.8 Å². The van der Waals surface area contributed by atoms with Gasteiger partial charge in [0.15, 0.2) is 0 Å². The Morgan fingerprint density at radius 3 is 2.65 bits per heavy atom. The molecule has 1 aromatic heterocycles. The van der Waals surface area contributed by atoms with Gasteiger partial charge in [0.05, 0.1) is 18.5 Å². The van der Waals surface area contributed by atoms with Crippen LogP contribution < -0.4 is 10.1 Å². The quantitative estimate of drug-likeness (QED) is 0.634. The van der Waals surface area contributed by atoms with E-state index in [0.717, 1.165) is 12.8 Å².